The van der Waals surface area contributed by atoms with E-state index in [0.29, 0.717) is 23.5 Å². The Labute approximate surface area is 150 Å². The molecule has 6 nitrogen and oxygen atoms in total. The van der Waals surface area contributed by atoms with E-state index in [2.05, 4.69) is 37.7 Å². The minimum absolute atomic E-state index is 0.154. The molecule has 0 N–H and O–H groups in total. The van der Waals surface area contributed by atoms with Gasteiger partial charge in [0, 0.05) is 6.04 Å². The van der Waals surface area contributed by atoms with Crippen molar-refractivity contribution >= 4 is 22.1 Å². The van der Waals surface area contributed by atoms with Gasteiger partial charge < -0.3 is 13.7 Å². The molecule has 26 heavy (non-hydrogen) atoms. The second kappa shape index (κ2) is 5.56. The Bertz CT molecular complexity index is 1120. The summed E-state index contributed by atoms with van der Waals surface area (Å²) in [6.45, 7) is 5.76. The molecule has 0 bridgehead atoms. The quantitative estimate of drug-likeness (QED) is 0.536. The van der Waals surface area contributed by atoms with Gasteiger partial charge in [0.05, 0.1) is 17.4 Å². The number of imidazole rings is 1. The molecule has 4 aromatic rings. The lowest BCUT2D eigenvalue weighted by atomic mass is 10.1. The predicted octanol–water partition coefficient (Wildman–Crippen LogP) is 4.66. The first-order chi connectivity index (χ1) is 12.6. The standard InChI is InChI=1S/C20H20N4O2/c1-11-8-16-19(25-11)22-13(3)23-20(16)26-12(2)14-4-7-18-17(9-14)21-10-24(18)15-5-6-15/h4,7-10,12,15H,5-6H2,1-3H3. The average molecular weight is 348 g/mol. The highest BCUT2D eigenvalue weighted by Gasteiger charge is 2.25. The van der Waals surface area contributed by atoms with Crippen LogP contribution < -0.4 is 4.74 Å². The van der Waals surface area contributed by atoms with Crippen molar-refractivity contribution < 1.29 is 9.15 Å². The zero-order valence-electron chi connectivity index (χ0n) is 15.1. The van der Waals surface area contributed by atoms with Crippen molar-refractivity contribution in [3.63, 3.8) is 0 Å². The minimum Gasteiger partial charge on any atom is -0.469 e. The molecule has 1 aromatic carbocycles. The number of rotatable bonds is 4. The van der Waals surface area contributed by atoms with E-state index in [0.717, 1.165) is 22.2 Å². The van der Waals surface area contributed by atoms with E-state index in [1.807, 2.05) is 33.2 Å². The van der Waals surface area contributed by atoms with E-state index >= 15 is 0 Å². The number of hydrogen-bond acceptors (Lipinski definition) is 5. The molecule has 1 unspecified atom stereocenters. The number of nitrogens with zero attached hydrogens (tertiary/aromatic N) is 4. The molecule has 1 fully saturated rings. The molecular weight excluding hydrogens is 328 g/mol. The number of aromatic nitrogens is 4. The highest BCUT2D eigenvalue weighted by Crippen LogP contribution is 2.37. The SMILES string of the molecule is Cc1nc(OC(C)c2ccc3c(c2)ncn3C2CC2)c2cc(C)oc2n1. The summed E-state index contributed by atoms with van der Waals surface area (Å²) in [6.07, 6.45) is 4.29. The fraction of sp³-hybridized carbons (Fsp3) is 0.350. The summed E-state index contributed by atoms with van der Waals surface area (Å²) >= 11 is 0. The highest BCUT2D eigenvalue weighted by molar-refractivity contribution is 5.80. The second-order valence-electron chi connectivity index (χ2n) is 7.04. The topological polar surface area (TPSA) is 66.0 Å². The summed E-state index contributed by atoms with van der Waals surface area (Å²) in [7, 11) is 0. The van der Waals surface area contributed by atoms with Crippen LogP contribution in [0, 0.1) is 13.8 Å². The Kier molecular flexibility index (Phi) is 3.29. The molecule has 3 aromatic heterocycles. The lowest BCUT2D eigenvalue weighted by Crippen LogP contribution is -2.06. The molecule has 1 aliphatic carbocycles. The van der Waals surface area contributed by atoms with Gasteiger partial charge in [-0.2, -0.15) is 9.97 Å². The van der Waals surface area contributed by atoms with Crippen LogP contribution in [0.4, 0.5) is 0 Å². The number of furan rings is 1. The van der Waals surface area contributed by atoms with Gasteiger partial charge in [-0.05, 0) is 57.4 Å². The van der Waals surface area contributed by atoms with Crippen molar-refractivity contribution in [3.05, 3.63) is 47.7 Å². The van der Waals surface area contributed by atoms with Crippen LogP contribution in [0.5, 0.6) is 5.88 Å². The van der Waals surface area contributed by atoms with Crippen molar-refractivity contribution in [2.75, 3.05) is 0 Å². The first-order valence-electron chi connectivity index (χ1n) is 8.96. The largest absolute Gasteiger partial charge is 0.469 e. The van der Waals surface area contributed by atoms with E-state index in [1.165, 1.54) is 18.4 Å². The van der Waals surface area contributed by atoms with Crippen LogP contribution in [0.15, 0.2) is 35.0 Å². The summed E-state index contributed by atoms with van der Waals surface area (Å²) in [5, 5.41) is 0.805. The molecule has 0 radical (unpaired) electrons. The second-order valence-corrected chi connectivity index (χ2v) is 7.04. The van der Waals surface area contributed by atoms with E-state index in [1.54, 1.807) is 0 Å². The van der Waals surface area contributed by atoms with Gasteiger partial charge in [-0.3, -0.25) is 0 Å². The van der Waals surface area contributed by atoms with Crippen LogP contribution in [0.2, 0.25) is 0 Å². The predicted molar refractivity (Wildman–Crippen MR) is 98.3 cm³/mol. The molecule has 0 amide bonds. The summed E-state index contributed by atoms with van der Waals surface area (Å²) in [5.74, 6) is 1.98. The van der Waals surface area contributed by atoms with Crippen LogP contribution in [-0.4, -0.2) is 19.5 Å². The van der Waals surface area contributed by atoms with E-state index in [9.17, 15) is 0 Å². The molecule has 1 saturated carbocycles. The fourth-order valence-electron chi connectivity index (χ4n) is 3.39. The zero-order valence-corrected chi connectivity index (χ0v) is 15.1. The number of benzene rings is 1. The van der Waals surface area contributed by atoms with Crippen molar-refractivity contribution in [1.82, 2.24) is 19.5 Å². The van der Waals surface area contributed by atoms with Gasteiger partial charge >= 0.3 is 0 Å². The molecule has 1 aliphatic rings. The highest BCUT2D eigenvalue weighted by atomic mass is 16.5. The third kappa shape index (κ3) is 2.53. The molecular formula is C20H20N4O2. The molecule has 0 aliphatic heterocycles. The zero-order chi connectivity index (χ0) is 17.8. The smallest absolute Gasteiger partial charge is 0.233 e. The van der Waals surface area contributed by atoms with Gasteiger partial charge in [0.25, 0.3) is 0 Å². The van der Waals surface area contributed by atoms with Gasteiger partial charge in [-0.15, -0.1) is 0 Å². The Morgan fingerprint density at radius 2 is 2.04 bits per heavy atom. The lowest BCUT2D eigenvalue weighted by molar-refractivity contribution is 0.220. The fourth-order valence-corrected chi connectivity index (χ4v) is 3.39. The number of fused-ring (bicyclic) bond motifs is 2. The summed E-state index contributed by atoms with van der Waals surface area (Å²) in [5.41, 5.74) is 3.83. The normalized spacial score (nSPS) is 15.7. The number of hydrogen-bond donors (Lipinski definition) is 0. The summed E-state index contributed by atoms with van der Waals surface area (Å²) in [6, 6.07) is 8.89. The van der Waals surface area contributed by atoms with Crippen LogP contribution in [-0.2, 0) is 0 Å². The molecule has 5 rings (SSSR count). The van der Waals surface area contributed by atoms with Gasteiger partial charge in [0.2, 0.25) is 11.6 Å². The third-order valence-electron chi connectivity index (χ3n) is 4.89. The molecule has 0 saturated heterocycles. The van der Waals surface area contributed by atoms with Gasteiger partial charge in [0.15, 0.2) is 0 Å². The number of ether oxygens (including phenoxy) is 1. The Hall–Kier alpha value is -2.89. The van der Waals surface area contributed by atoms with Crippen LogP contribution in [0.1, 0.15) is 49.1 Å². The van der Waals surface area contributed by atoms with Gasteiger partial charge in [-0.25, -0.2) is 4.98 Å². The third-order valence-corrected chi connectivity index (χ3v) is 4.89. The minimum atomic E-state index is -0.154. The lowest BCUT2D eigenvalue weighted by Gasteiger charge is -2.15. The van der Waals surface area contributed by atoms with Crippen molar-refractivity contribution in [2.45, 2.75) is 45.8 Å². The van der Waals surface area contributed by atoms with Crippen molar-refractivity contribution in [2.24, 2.45) is 0 Å². The first-order valence-corrected chi connectivity index (χ1v) is 8.96. The maximum Gasteiger partial charge on any atom is 0.233 e. The maximum atomic E-state index is 6.18. The van der Waals surface area contributed by atoms with E-state index < -0.39 is 0 Å². The maximum absolute atomic E-state index is 6.18. The molecule has 1 atom stereocenters. The Morgan fingerprint density at radius 1 is 1.19 bits per heavy atom. The van der Waals surface area contributed by atoms with Crippen LogP contribution >= 0.6 is 0 Å². The van der Waals surface area contributed by atoms with Crippen molar-refractivity contribution in [3.8, 4) is 5.88 Å². The summed E-state index contributed by atoms with van der Waals surface area (Å²) in [4.78, 5) is 13.4. The molecule has 6 heteroatoms. The van der Waals surface area contributed by atoms with Gasteiger partial charge in [0.1, 0.15) is 23.1 Å². The molecule has 132 valence electrons. The van der Waals surface area contributed by atoms with Gasteiger partial charge in [-0.1, -0.05) is 6.07 Å². The Morgan fingerprint density at radius 3 is 2.85 bits per heavy atom. The van der Waals surface area contributed by atoms with Crippen LogP contribution in [0.25, 0.3) is 22.1 Å². The first kappa shape index (κ1) is 15.4. The molecule has 3 heterocycles. The van der Waals surface area contributed by atoms with Crippen molar-refractivity contribution in [1.29, 1.82) is 0 Å². The summed E-state index contributed by atoms with van der Waals surface area (Å²) < 4.78 is 14.1. The Balaban J connectivity index is 1.48. The van der Waals surface area contributed by atoms with E-state index in [4.69, 9.17) is 9.15 Å². The number of aryl methyl sites for hydroxylation is 2. The average Bonchev–Trinajstić information content (AvgIpc) is 3.25. The van der Waals surface area contributed by atoms with Crippen LogP contribution in [0.3, 0.4) is 0 Å². The monoisotopic (exact) mass is 348 g/mol. The van der Waals surface area contributed by atoms with E-state index in [-0.39, 0.29) is 6.10 Å². The molecule has 0 spiro atoms.